The molecule has 0 amide bonds. The highest BCUT2D eigenvalue weighted by Gasteiger charge is 2.14. The molecule has 0 N–H and O–H groups in total. The van der Waals surface area contributed by atoms with Crippen LogP contribution in [0.5, 0.6) is 0 Å². The molecule has 5 heteroatoms. The van der Waals surface area contributed by atoms with Gasteiger partial charge in [0.2, 0.25) is 6.33 Å². The molecule has 5 nitrogen and oxygen atoms in total. The molecule has 0 aliphatic heterocycles. The first kappa shape index (κ1) is 14.2. The molecule has 3 rings (SSSR count). The van der Waals surface area contributed by atoms with Crippen LogP contribution >= 0.6 is 0 Å². The van der Waals surface area contributed by atoms with E-state index in [1.54, 1.807) is 0 Å². The van der Waals surface area contributed by atoms with Crippen LogP contribution in [0.25, 0.3) is 21.5 Å². The van der Waals surface area contributed by atoms with E-state index in [2.05, 4.69) is 74.0 Å². The number of para-hydroxylation sites is 2. The summed E-state index contributed by atoms with van der Waals surface area (Å²) in [5.74, 6) is 0. The zero-order valence-corrected chi connectivity index (χ0v) is 12.3. The minimum Gasteiger partial charge on any atom is -0.230 e. The predicted molar refractivity (Wildman–Crippen MR) is 86.3 cm³/mol. The molecule has 0 fully saturated rings. The first-order valence-electron chi connectivity index (χ1n) is 7.40. The van der Waals surface area contributed by atoms with Gasteiger partial charge in [-0.1, -0.05) is 47.6 Å². The van der Waals surface area contributed by atoms with Gasteiger partial charge in [0.15, 0.2) is 11.0 Å². The second-order valence-electron chi connectivity index (χ2n) is 5.22. The van der Waals surface area contributed by atoms with Crippen LogP contribution in [0.2, 0.25) is 0 Å². The molecule has 1 aromatic heterocycles. The number of fused-ring (bicyclic) bond motifs is 1. The van der Waals surface area contributed by atoms with Gasteiger partial charge in [-0.25, -0.2) is 9.13 Å². The Labute approximate surface area is 129 Å². The van der Waals surface area contributed by atoms with E-state index in [0.29, 0.717) is 6.54 Å². The topological polar surface area (TPSA) is 57.6 Å². The van der Waals surface area contributed by atoms with E-state index in [9.17, 15) is 0 Å². The van der Waals surface area contributed by atoms with Crippen molar-refractivity contribution in [1.82, 2.24) is 4.57 Å². The van der Waals surface area contributed by atoms with Crippen LogP contribution < -0.4 is 4.57 Å². The van der Waals surface area contributed by atoms with Gasteiger partial charge in [0, 0.05) is 11.5 Å². The number of hydrogen-bond donors (Lipinski definition) is 0. The molecule has 110 valence electrons. The lowest BCUT2D eigenvalue weighted by molar-refractivity contribution is -0.663. The minimum atomic E-state index is 0.529. The fourth-order valence-corrected chi connectivity index (χ4v) is 2.68. The summed E-state index contributed by atoms with van der Waals surface area (Å²) in [4.78, 5) is 2.80. The van der Waals surface area contributed by atoms with Crippen molar-refractivity contribution < 1.29 is 4.57 Å². The number of aromatic nitrogens is 2. The predicted octanol–water partition coefficient (Wildman–Crippen LogP) is 3.68. The summed E-state index contributed by atoms with van der Waals surface area (Å²) >= 11 is 0. The van der Waals surface area contributed by atoms with Crippen molar-refractivity contribution in [1.29, 1.82) is 0 Å². The summed E-state index contributed by atoms with van der Waals surface area (Å²) in [5, 5.41) is 3.60. The monoisotopic (exact) mass is 292 g/mol. The summed E-state index contributed by atoms with van der Waals surface area (Å²) < 4.78 is 4.49. The number of nitrogens with zero attached hydrogens (tertiary/aromatic N) is 5. The number of benzene rings is 2. The molecule has 0 aliphatic carbocycles. The van der Waals surface area contributed by atoms with Crippen LogP contribution in [0.4, 0.5) is 0 Å². The molecule has 0 saturated heterocycles. The molecule has 3 aromatic rings. The molecule has 0 aliphatic rings. The van der Waals surface area contributed by atoms with Crippen molar-refractivity contribution in [3.8, 4) is 0 Å². The average Bonchev–Trinajstić information content (AvgIpc) is 2.91. The molecular formula is C17H18N5+. The van der Waals surface area contributed by atoms with Gasteiger partial charge in [-0.3, -0.25) is 0 Å². The van der Waals surface area contributed by atoms with Crippen LogP contribution in [-0.2, 0) is 13.1 Å². The van der Waals surface area contributed by atoms with Crippen LogP contribution in [0.3, 0.4) is 0 Å². The Morgan fingerprint density at radius 3 is 2.64 bits per heavy atom. The largest absolute Gasteiger partial charge is 0.245 e. The summed E-state index contributed by atoms with van der Waals surface area (Å²) in [7, 11) is 0. The van der Waals surface area contributed by atoms with E-state index in [1.807, 2.05) is 6.07 Å². The van der Waals surface area contributed by atoms with E-state index >= 15 is 0 Å². The quantitative estimate of drug-likeness (QED) is 0.219. The van der Waals surface area contributed by atoms with Crippen molar-refractivity contribution in [3.05, 3.63) is 76.9 Å². The lowest BCUT2D eigenvalue weighted by Gasteiger charge is -1.97. The molecule has 2 aromatic carbocycles. The molecule has 22 heavy (non-hydrogen) atoms. The van der Waals surface area contributed by atoms with E-state index in [4.69, 9.17) is 5.53 Å². The maximum Gasteiger partial charge on any atom is 0.245 e. The number of azide groups is 1. The Morgan fingerprint density at radius 1 is 1.05 bits per heavy atom. The Hall–Kier alpha value is -2.78. The van der Waals surface area contributed by atoms with Crippen molar-refractivity contribution in [3.63, 3.8) is 0 Å². The highest BCUT2D eigenvalue weighted by Crippen LogP contribution is 2.12. The maximum atomic E-state index is 8.35. The summed E-state index contributed by atoms with van der Waals surface area (Å²) in [6, 6.07) is 18.8. The maximum absolute atomic E-state index is 8.35. The van der Waals surface area contributed by atoms with Gasteiger partial charge in [0.05, 0.1) is 6.54 Å². The van der Waals surface area contributed by atoms with Crippen LogP contribution in [-0.4, -0.2) is 11.1 Å². The summed E-state index contributed by atoms with van der Waals surface area (Å²) in [6.45, 7) is 2.23. The molecular weight excluding hydrogens is 274 g/mol. The highest BCUT2D eigenvalue weighted by molar-refractivity contribution is 5.71. The number of rotatable bonds is 6. The zero-order chi connectivity index (χ0) is 15.2. The zero-order valence-electron chi connectivity index (χ0n) is 12.3. The molecule has 0 saturated carbocycles. The molecule has 0 spiro atoms. The third-order valence-corrected chi connectivity index (χ3v) is 3.70. The highest BCUT2D eigenvalue weighted by atomic mass is 15.1. The number of imidazole rings is 1. The second kappa shape index (κ2) is 6.78. The first-order chi connectivity index (χ1) is 10.9. The minimum absolute atomic E-state index is 0.529. The third-order valence-electron chi connectivity index (χ3n) is 3.70. The van der Waals surface area contributed by atoms with E-state index in [-0.39, 0.29) is 0 Å². The van der Waals surface area contributed by atoms with Crippen LogP contribution in [0, 0.1) is 0 Å². The fraction of sp³-hybridized carbons (Fsp3) is 0.235. The van der Waals surface area contributed by atoms with Gasteiger partial charge >= 0.3 is 0 Å². The van der Waals surface area contributed by atoms with Crippen LogP contribution in [0.15, 0.2) is 66.0 Å². The van der Waals surface area contributed by atoms with Gasteiger partial charge in [-0.15, -0.1) is 0 Å². The SMILES string of the molecule is [N-]=[N+]=NCCCn1c[n+](Cc2ccccc2)c2ccccc21. The van der Waals surface area contributed by atoms with Gasteiger partial charge in [-0.2, -0.15) is 0 Å². The van der Waals surface area contributed by atoms with Crippen molar-refractivity contribution in [2.75, 3.05) is 6.54 Å². The Balaban J connectivity index is 1.88. The second-order valence-corrected chi connectivity index (χ2v) is 5.22. The summed E-state index contributed by atoms with van der Waals surface area (Å²) in [6.07, 6.45) is 2.99. The third kappa shape index (κ3) is 3.10. The molecule has 0 atom stereocenters. The van der Waals surface area contributed by atoms with Crippen LogP contribution in [0.1, 0.15) is 12.0 Å². The standard InChI is InChI=1S/C17H18N5/c18-20-19-11-6-12-21-14-22(13-15-7-2-1-3-8-15)17-10-5-4-9-16(17)21/h1-5,7-10,14H,6,11-13H2/q+1. The van der Waals surface area contributed by atoms with E-state index in [0.717, 1.165) is 19.5 Å². The Morgan fingerprint density at radius 2 is 1.82 bits per heavy atom. The summed E-state index contributed by atoms with van der Waals surface area (Å²) in [5.41, 5.74) is 12.1. The van der Waals surface area contributed by atoms with Crippen molar-refractivity contribution in [2.24, 2.45) is 5.11 Å². The first-order valence-corrected chi connectivity index (χ1v) is 7.40. The number of aryl methyl sites for hydroxylation is 1. The van der Waals surface area contributed by atoms with Gasteiger partial charge in [0.25, 0.3) is 0 Å². The number of hydrogen-bond acceptors (Lipinski definition) is 1. The van der Waals surface area contributed by atoms with E-state index in [1.165, 1.54) is 16.6 Å². The van der Waals surface area contributed by atoms with Crippen molar-refractivity contribution >= 4 is 11.0 Å². The molecule has 0 unspecified atom stereocenters. The fourth-order valence-electron chi connectivity index (χ4n) is 2.68. The van der Waals surface area contributed by atoms with Gasteiger partial charge in [-0.05, 0) is 29.6 Å². The molecule has 1 heterocycles. The average molecular weight is 292 g/mol. The molecule has 0 bridgehead atoms. The van der Waals surface area contributed by atoms with Gasteiger partial charge in [0.1, 0.15) is 6.54 Å². The van der Waals surface area contributed by atoms with E-state index < -0.39 is 0 Å². The lowest BCUT2D eigenvalue weighted by atomic mass is 10.2. The lowest BCUT2D eigenvalue weighted by Crippen LogP contribution is -2.32. The Kier molecular flexibility index (Phi) is 4.37. The smallest absolute Gasteiger partial charge is 0.230 e. The molecule has 0 radical (unpaired) electrons. The van der Waals surface area contributed by atoms with Crippen molar-refractivity contribution in [2.45, 2.75) is 19.5 Å². The normalized spacial score (nSPS) is 10.5. The van der Waals surface area contributed by atoms with Gasteiger partial charge < -0.3 is 0 Å². The Bertz CT molecular complexity index is 800.